The number of aromatic nitrogens is 2. The second-order valence-corrected chi connectivity index (χ2v) is 6.45. The molecule has 1 aromatic carbocycles. The van der Waals surface area contributed by atoms with Gasteiger partial charge in [-0.2, -0.15) is 5.10 Å². The number of nitrogens with one attached hydrogen (secondary N) is 1. The van der Waals surface area contributed by atoms with Crippen LogP contribution in [0.25, 0.3) is 0 Å². The number of aromatic amines is 1. The first-order chi connectivity index (χ1) is 11.7. The summed E-state index contributed by atoms with van der Waals surface area (Å²) < 4.78 is 13.6. The van der Waals surface area contributed by atoms with Gasteiger partial charge in [-0.05, 0) is 43.0 Å². The average Bonchev–Trinajstić information content (AvgIpc) is 2.90. The van der Waals surface area contributed by atoms with Crippen LogP contribution in [0.3, 0.4) is 0 Å². The van der Waals surface area contributed by atoms with Crippen LogP contribution in [0.2, 0.25) is 0 Å². The van der Waals surface area contributed by atoms with Crippen LogP contribution in [0.4, 0.5) is 4.39 Å². The molecule has 128 valence electrons. The molecule has 0 saturated carbocycles. The van der Waals surface area contributed by atoms with E-state index >= 15 is 0 Å². The van der Waals surface area contributed by atoms with E-state index in [0.29, 0.717) is 12.2 Å². The lowest BCUT2D eigenvalue weighted by Crippen LogP contribution is -2.35. The van der Waals surface area contributed by atoms with Gasteiger partial charge in [0.15, 0.2) is 0 Å². The maximum Gasteiger partial charge on any atom is 0.274 e. The van der Waals surface area contributed by atoms with E-state index in [1.54, 1.807) is 12.1 Å². The molecule has 0 aliphatic carbocycles. The number of amides is 1. The molecule has 5 heteroatoms. The highest BCUT2D eigenvalue weighted by Gasteiger charge is 2.29. The van der Waals surface area contributed by atoms with Crippen LogP contribution in [0.5, 0.6) is 0 Å². The molecule has 1 fully saturated rings. The zero-order valence-corrected chi connectivity index (χ0v) is 14.1. The topological polar surface area (TPSA) is 49.0 Å². The molecule has 1 aliphatic rings. The van der Waals surface area contributed by atoms with Crippen molar-refractivity contribution in [3.63, 3.8) is 0 Å². The lowest BCUT2D eigenvalue weighted by atomic mass is 10.0. The molecule has 1 atom stereocenters. The summed E-state index contributed by atoms with van der Waals surface area (Å²) in [7, 11) is 0. The molecule has 0 spiro atoms. The van der Waals surface area contributed by atoms with E-state index in [1.165, 1.54) is 6.07 Å². The summed E-state index contributed by atoms with van der Waals surface area (Å²) in [6.07, 6.45) is 5.87. The standard InChI is InChI=1S/C19H24FN3O/c1-2-7-16-13-17(22-21-16)19(24)23-11-5-3-4-10-18(23)14-8-6-9-15(20)12-14/h6,8-9,12-13,18H,2-5,7,10-11H2,1H3,(H,21,22)/t18-/m1/s1. The number of aryl methyl sites for hydroxylation is 1. The van der Waals surface area contributed by atoms with E-state index in [4.69, 9.17) is 0 Å². The van der Waals surface area contributed by atoms with Gasteiger partial charge >= 0.3 is 0 Å². The molecule has 0 unspecified atom stereocenters. The molecule has 1 saturated heterocycles. The Morgan fingerprint density at radius 2 is 2.21 bits per heavy atom. The highest BCUT2D eigenvalue weighted by Crippen LogP contribution is 2.31. The molecular weight excluding hydrogens is 305 g/mol. The molecule has 1 aliphatic heterocycles. The number of benzene rings is 1. The van der Waals surface area contributed by atoms with Gasteiger partial charge in [-0.1, -0.05) is 38.3 Å². The van der Waals surface area contributed by atoms with Crippen LogP contribution in [0.15, 0.2) is 30.3 Å². The molecule has 1 amide bonds. The zero-order chi connectivity index (χ0) is 16.9. The molecule has 2 heterocycles. The van der Waals surface area contributed by atoms with Crippen LogP contribution >= 0.6 is 0 Å². The minimum atomic E-state index is -0.255. The molecule has 2 aromatic rings. The maximum absolute atomic E-state index is 13.6. The van der Waals surface area contributed by atoms with E-state index in [-0.39, 0.29) is 17.8 Å². The molecule has 1 N–H and O–H groups in total. The number of halogens is 1. The Bertz CT molecular complexity index is 697. The highest BCUT2D eigenvalue weighted by molar-refractivity contribution is 5.92. The summed E-state index contributed by atoms with van der Waals surface area (Å²) in [6.45, 7) is 2.78. The largest absolute Gasteiger partial charge is 0.330 e. The lowest BCUT2D eigenvalue weighted by molar-refractivity contribution is 0.0674. The van der Waals surface area contributed by atoms with Crippen LogP contribution in [0.1, 0.15) is 66.8 Å². The van der Waals surface area contributed by atoms with Gasteiger partial charge in [-0.25, -0.2) is 4.39 Å². The molecule has 24 heavy (non-hydrogen) atoms. The van der Waals surface area contributed by atoms with Crippen molar-refractivity contribution < 1.29 is 9.18 Å². The monoisotopic (exact) mass is 329 g/mol. The van der Waals surface area contributed by atoms with Crippen molar-refractivity contribution in [2.24, 2.45) is 0 Å². The van der Waals surface area contributed by atoms with Crippen molar-refractivity contribution in [2.45, 2.75) is 51.5 Å². The fraction of sp³-hybridized carbons (Fsp3) is 0.474. The Hall–Kier alpha value is -2.17. The molecule has 0 radical (unpaired) electrons. The van der Waals surface area contributed by atoms with Gasteiger partial charge in [-0.3, -0.25) is 9.89 Å². The second-order valence-electron chi connectivity index (χ2n) is 6.45. The van der Waals surface area contributed by atoms with Crippen molar-refractivity contribution in [2.75, 3.05) is 6.54 Å². The number of hydrogen-bond donors (Lipinski definition) is 1. The van der Waals surface area contributed by atoms with Crippen LogP contribution in [-0.2, 0) is 6.42 Å². The summed E-state index contributed by atoms with van der Waals surface area (Å²) in [4.78, 5) is 14.9. The number of hydrogen-bond acceptors (Lipinski definition) is 2. The van der Waals surface area contributed by atoms with Crippen molar-refractivity contribution in [1.29, 1.82) is 0 Å². The van der Waals surface area contributed by atoms with E-state index in [9.17, 15) is 9.18 Å². The average molecular weight is 329 g/mol. The van der Waals surface area contributed by atoms with Gasteiger partial charge in [0.25, 0.3) is 5.91 Å². The fourth-order valence-electron chi connectivity index (χ4n) is 3.43. The summed E-state index contributed by atoms with van der Waals surface area (Å²) in [5.41, 5.74) is 2.31. The Kier molecular flexibility index (Phi) is 5.28. The van der Waals surface area contributed by atoms with Gasteiger partial charge in [0.2, 0.25) is 0 Å². The highest BCUT2D eigenvalue weighted by atomic mass is 19.1. The summed E-state index contributed by atoms with van der Waals surface area (Å²) >= 11 is 0. The number of nitrogens with zero attached hydrogens (tertiary/aromatic N) is 2. The lowest BCUT2D eigenvalue weighted by Gasteiger charge is -2.30. The first-order valence-electron chi connectivity index (χ1n) is 8.79. The van der Waals surface area contributed by atoms with Crippen LogP contribution in [-0.4, -0.2) is 27.5 Å². The third-order valence-electron chi connectivity index (χ3n) is 4.62. The van der Waals surface area contributed by atoms with E-state index in [2.05, 4.69) is 17.1 Å². The van der Waals surface area contributed by atoms with Crippen molar-refractivity contribution in [3.05, 3.63) is 53.1 Å². The predicted octanol–water partition coefficient (Wildman–Crippen LogP) is 4.26. The summed E-state index contributed by atoms with van der Waals surface area (Å²) in [5, 5.41) is 7.14. The van der Waals surface area contributed by atoms with Crippen LogP contribution < -0.4 is 0 Å². The Morgan fingerprint density at radius 3 is 3.00 bits per heavy atom. The van der Waals surface area contributed by atoms with Gasteiger partial charge in [0.05, 0.1) is 6.04 Å². The van der Waals surface area contributed by atoms with Gasteiger partial charge in [0, 0.05) is 12.2 Å². The zero-order valence-electron chi connectivity index (χ0n) is 14.1. The first kappa shape index (κ1) is 16.7. The van der Waals surface area contributed by atoms with Crippen molar-refractivity contribution >= 4 is 5.91 Å². The quantitative estimate of drug-likeness (QED) is 0.911. The molecule has 1 aromatic heterocycles. The molecule has 0 bridgehead atoms. The van der Waals surface area contributed by atoms with Gasteiger partial charge in [-0.15, -0.1) is 0 Å². The van der Waals surface area contributed by atoms with Crippen LogP contribution in [0, 0.1) is 5.82 Å². The maximum atomic E-state index is 13.6. The smallest absolute Gasteiger partial charge is 0.274 e. The number of likely N-dealkylation sites (tertiary alicyclic amines) is 1. The number of carbonyl (C=O) groups is 1. The molecule has 3 rings (SSSR count). The summed E-state index contributed by atoms with van der Waals surface area (Å²) in [6, 6.07) is 8.38. The van der Waals surface area contributed by atoms with Crippen molar-refractivity contribution in [1.82, 2.24) is 15.1 Å². The van der Waals surface area contributed by atoms with E-state index < -0.39 is 0 Å². The van der Waals surface area contributed by atoms with Gasteiger partial charge in [0.1, 0.15) is 11.5 Å². The second kappa shape index (κ2) is 7.60. The Balaban J connectivity index is 1.87. The number of rotatable bonds is 4. The Labute approximate surface area is 142 Å². The third kappa shape index (κ3) is 3.66. The number of H-pyrrole nitrogens is 1. The third-order valence-corrected chi connectivity index (χ3v) is 4.62. The number of carbonyl (C=O) groups excluding carboxylic acids is 1. The minimum absolute atomic E-state index is 0.0650. The minimum Gasteiger partial charge on any atom is -0.330 e. The van der Waals surface area contributed by atoms with Gasteiger partial charge < -0.3 is 4.90 Å². The van der Waals surface area contributed by atoms with Crippen molar-refractivity contribution in [3.8, 4) is 0 Å². The normalized spacial score (nSPS) is 18.4. The van der Waals surface area contributed by atoms with E-state index in [1.807, 2.05) is 17.0 Å². The summed E-state index contributed by atoms with van der Waals surface area (Å²) in [5.74, 6) is -0.320. The Morgan fingerprint density at radius 1 is 1.33 bits per heavy atom. The molecule has 4 nitrogen and oxygen atoms in total. The first-order valence-corrected chi connectivity index (χ1v) is 8.79. The predicted molar refractivity (Wildman–Crippen MR) is 91.2 cm³/mol. The fourth-order valence-corrected chi connectivity index (χ4v) is 3.43. The SMILES string of the molecule is CCCc1cc(C(=O)N2CCCCC[C@@H]2c2cccc(F)c2)n[nH]1. The molecular formula is C19H24FN3O. The van der Waals surface area contributed by atoms with E-state index in [0.717, 1.165) is 49.8 Å².